The van der Waals surface area contributed by atoms with Crippen molar-refractivity contribution in [1.29, 1.82) is 5.26 Å². The summed E-state index contributed by atoms with van der Waals surface area (Å²) in [6.07, 6.45) is 0. The number of carbonyl (C=O) groups excluding carboxylic acids is 1. The lowest BCUT2D eigenvalue weighted by Crippen LogP contribution is -2.22. The summed E-state index contributed by atoms with van der Waals surface area (Å²) in [7, 11) is 0. The number of rotatable bonds is 3. The van der Waals surface area contributed by atoms with Gasteiger partial charge >= 0.3 is 5.97 Å². The Hall–Kier alpha value is -4.28. The number of halogens is 2. The Bertz CT molecular complexity index is 1630. The monoisotopic (exact) mass is 502 g/mol. The van der Waals surface area contributed by atoms with Gasteiger partial charge in [0, 0.05) is 33.2 Å². The summed E-state index contributed by atoms with van der Waals surface area (Å²) in [6, 6.07) is 14.7. The van der Waals surface area contributed by atoms with Gasteiger partial charge in [0.1, 0.15) is 34.5 Å². The molecular formula is C28H20ClFN2O4. The number of fused-ring (bicyclic) bond motifs is 2. The molecular weight excluding hydrogens is 483 g/mol. The maximum atomic E-state index is 14.8. The van der Waals surface area contributed by atoms with E-state index in [2.05, 4.69) is 0 Å². The highest BCUT2D eigenvalue weighted by Crippen LogP contribution is 2.46. The van der Waals surface area contributed by atoms with Gasteiger partial charge in [-0.25, -0.2) is 9.18 Å². The molecule has 0 bridgehead atoms. The normalized spacial score (nSPS) is 14.8. The molecule has 0 fully saturated rings. The second-order valence-electron chi connectivity index (χ2n) is 8.64. The molecule has 0 saturated heterocycles. The topological polar surface area (TPSA) is 98.5 Å². The molecule has 0 radical (unpaired) electrons. The van der Waals surface area contributed by atoms with Crippen molar-refractivity contribution >= 4 is 28.5 Å². The molecule has 6 nitrogen and oxygen atoms in total. The molecule has 0 aliphatic carbocycles. The van der Waals surface area contributed by atoms with E-state index in [1.54, 1.807) is 13.0 Å². The molecule has 1 aliphatic heterocycles. The van der Waals surface area contributed by atoms with Crippen molar-refractivity contribution in [3.63, 3.8) is 0 Å². The summed E-state index contributed by atoms with van der Waals surface area (Å²) < 4.78 is 31.8. The summed E-state index contributed by atoms with van der Waals surface area (Å²) in [5.74, 6) is -1.85. The maximum absolute atomic E-state index is 14.8. The fourth-order valence-corrected chi connectivity index (χ4v) is 4.68. The summed E-state index contributed by atoms with van der Waals surface area (Å²) in [6.45, 7) is 5.76. The lowest BCUT2D eigenvalue weighted by atomic mass is 9.83. The van der Waals surface area contributed by atoms with E-state index >= 15 is 0 Å². The van der Waals surface area contributed by atoms with Crippen LogP contribution >= 0.6 is 11.6 Å². The van der Waals surface area contributed by atoms with Crippen LogP contribution in [0, 0.1) is 37.9 Å². The highest BCUT2D eigenvalue weighted by atomic mass is 35.5. The van der Waals surface area contributed by atoms with Crippen molar-refractivity contribution in [1.82, 2.24) is 0 Å². The number of nitrogens with zero attached hydrogens (tertiary/aromatic N) is 1. The lowest BCUT2D eigenvalue weighted by Gasteiger charge is -2.27. The molecule has 3 aromatic carbocycles. The van der Waals surface area contributed by atoms with E-state index in [1.165, 1.54) is 30.3 Å². The standard InChI is InChI=1S/C28H20ClFN2O4/c1-13-9-18-15(3)26(35-22(18)10-14(13)2)28(33)34-16-7-8-17-23(11-16)36-27(32)19(12-31)24(17)25-20(29)5-4-6-21(25)30/h4-11,24H,32H2,1-3H3. The largest absolute Gasteiger partial charge is 0.449 e. The summed E-state index contributed by atoms with van der Waals surface area (Å²) in [5.41, 5.74) is 10.0. The first kappa shape index (κ1) is 23.5. The van der Waals surface area contributed by atoms with Crippen LogP contribution in [0.25, 0.3) is 11.0 Å². The number of hydrogen-bond acceptors (Lipinski definition) is 6. The Morgan fingerprint density at radius 2 is 1.89 bits per heavy atom. The Morgan fingerprint density at radius 3 is 2.61 bits per heavy atom. The van der Waals surface area contributed by atoms with E-state index < -0.39 is 17.7 Å². The second-order valence-corrected chi connectivity index (χ2v) is 9.05. The molecule has 1 aromatic heterocycles. The van der Waals surface area contributed by atoms with Crippen molar-refractivity contribution in [3.8, 4) is 17.6 Å². The average molecular weight is 503 g/mol. The minimum Gasteiger partial charge on any atom is -0.449 e. The van der Waals surface area contributed by atoms with Crippen molar-refractivity contribution in [3.05, 3.63) is 104 Å². The molecule has 1 aliphatic rings. The smallest absolute Gasteiger partial charge is 0.379 e. The highest BCUT2D eigenvalue weighted by molar-refractivity contribution is 6.31. The van der Waals surface area contributed by atoms with Gasteiger partial charge in [-0.1, -0.05) is 23.7 Å². The van der Waals surface area contributed by atoms with Crippen LogP contribution in [-0.4, -0.2) is 5.97 Å². The number of carbonyl (C=O) groups is 1. The second kappa shape index (κ2) is 8.74. The van der Waals surface area contributed by atoms with Crippen LogP contribution in [0.2, 0.25) is 5.02 Å². The zero-order valence-corrected chi connectivity index (χ0v) is 20.4. The molecule has 0 spiro atoms. The molecule has 5 rings (SSSR count). The number of nitriles is 1. The highest BCUT2D eigenvalue weighted by Gasteiger charge is 2.34. The summed E-state index contributed by atoms with van der Waals surface area (Å²) in [4.78, 5) is 13.0. The number of ether oxygens (including phenoxy) is 2. The van der Waals surface area contributed by atoms with Crippen LogP contribution in [0.15, 0.2) is 64.4 Å². The zero-order valence-electron chi connectivity index (χ0n) is 19.6. The molecule has 0 amide bonds. The molecule has 4 aromatic rings. The molecule has 8 heteroatoms. The van der Waals surface area contributed by atoms with Gasteiger partial charge in [-0.2, -0.15) is 5.26 Å². The number of nitrogens with two attached hydrogens (primary N) is 1. The third kappa shape index (κ3) is 3.76. The predicted molar refractivity (Wildman–Crippen MR) is 133 cm³/mol. The van der Waals surface area contributed by atoms with Gasteiger partial charge in [0.15, 0.2) is 0 Å². The Balaban J connectivity index is 1.52. The molecule has 180 valence electrons. The molecule has 0 saturated carbocycles. The van der Waals surface area contributed by atoms with Crippen molar-refractivity contribution in [2.75, 3.05) is 0 Å². The molecule has 1 atom stereocenters. The Morgan fingerprint density at radius 1 is 1.14 bits per heavy atom. The maximum Gasteiger partial charge on any atom is 0.379 e. The van der Waals surface area contributed by atoms with Gasteiger partial charge in [-0.3, -0.25) is 0 Å². The van der Waals surface area contributed by atoms with E-state index in [1.807, 2.05) is 32.0 Å². The fraction of sp³-hybridized carbons (Fsp3) is 0.143. The third-order valence-electron chi connectivity index (χ3n) is 6.43. The number of aryl methyl sites for hydroxylation is 3. The average Bonchev–Trinajstić information content (AvgIpc) is 3.14. The van der Waals surface area contributed by atoms with Gasteiger partial charge in [-0.15, -0.1) is 0 Å². The van der Waals surface area contributed by atoms with Crippen molar-refractivity contribution in [2.24, 2.45) is 5.73 Å². The summed E-state index contributed by atoms with van der Waals surface area (Å²) >= 11 is 6.30. The summed E-state index contributed by atoms with van der Waals surface area (Å²) in [5, 5.41) is 10.7. The van der Waals surface area contributed by atoms with E-state index in [-0.39, 0.29) is 39.3 Å². The number of furan rings is 1. The minimum absolute atomic E-state index is 0.0303. The Kier molecular flexibility index (Phi) is 5.70. The van der Waals surface area contributed by atoms with E-state index in [0.717, 1.165) is 16.5 Å². The van der Waals surface area contributed by atoms with Gasteiger partial charge in [0.2, 0.25) is 11.6 Å². The van der Waals surface area contributed by atoms with Gasteiger partial charge < -0.3 is 19.6 Å². The van der Waals surface area contributed by atoms with Crippen LogP contribution in [0.1, 0.15) is 44.3 Å². The van der Waals surface area contributed by atoms with E-state index in [9.17, 15) is 14.4 Å². The third-order valence-corrected chi connectivity index (χ3v) is 6.76. The first-order valence-corrected chi connectivity index (χ1v) is 11.4. The quantitative estimate of drug-likeness (QED) is 0.251. The van der Waals surface area contributed by atoms with Crippen LogP contribution in [0.3, 0.4) is 0 Å². The first-order chi connectivity index (χ1) is 17.2. The van der Waals surface area contributed by atoms with Crippen LogP contribution in [0.5, 0.6) is 11.5 Å². The van der Waals surface area contributed by atoms with E-state index in [4.69, 9.17) is 31.2 Å². The fourth-order valence-electron chi connectivity index (χ4n) is 4.41. The number of benzene rings is 3. The SMILES string of the molecule is Cc1cc2oc(C(=O)Oc3ccc4c(c3)OC(N)=C(C#N)C4c3c(F)cccc3Cl)c(C)c2cc1C. The minimum atomic E-state index is -0.888. The molecule has 2 N–H and O–H groups in total. The van der Waals surface area contributed by atoms with Crippen molar-refractivity contribution in [2.45, 2.75) is 26.7 Å². The van der Waals surface area contributed by atoms with Crippen molar-refractivity contribution < 1.29 is 23.1 Å². The Labute approximate surface area is 211 Å². The molecule has 2 heterocycles. The lowest BCUT2D eigenvalue weighted by molar-refractivity contribution is 0.0702. The zero-order chi connectivity index (χ0) is 25.7. The van der Waals surface area contributed by atoms with Crippen LogP contribution < -0.4 is 15.2 Å². The molecule has 1 unspecified atom stereocenters. The van der Waals surface area contributed by atoms with Gasteiger partial charge in [-0.05, 0) is 62.2 Å². The predicted octanol–water partition coefficient (Wildman–Crippen LogP) is 6.59. The van der Waals surface area contributed by atoms with Crippen LogP contribution in [-0.2, 0) is 0 Å². The number of hydrogen-bond donors (Lipinski definition) is 1. The number of allylic oxidation sites excluding steroid dienone is 1. The molecule has 36 heavy (non-hydrogen) atoms. The van der Waals surface area contributed by atoms with Gasteiger partial charge in [0.25, 0.3) is 0 Å². The van der Waals surface area contributed by atoms with Crippen LogP contribution in [0.4, 0.5) is 4.39 Å². The first-order valence-electron chi connectivity index (χ1n) is 11.1. The van der Waals surface area contributed by atoms with E-state index in [0.29, 0.717) is 16.7 Å². The van der Waals surface area contributed by atoms with Gasteiger partial charge in [0.05, 0.1) is 5.92 Å². The number of esters is 1.